The number of halogens is 3. The summed E-state index contributed by atoms with van der Waals surface area (Å²) in [5.41, 5.74) is 0. The Morgan fingerprint density at radius 1 is 1.31 bits per heavy atom. The lowest BCUT2D eigenvalue weighted by molar-refractivity contribution is -0.144. The molecule has 0 saturated carbocycles. The first-order valence-electron chi connectivity index (χ1n) is 8.76. The summed E-state index contributed by atoms with van der Waals surface area (Å²) >= 11 is 13.5. The van der Waals surface area contributed by atoms with Crippen LogP contribution in [0, 0.1) is 0 Å². The van der Waals surface area contributed by atoms with E-state index in [1.165, 1.54) is 6.20 Å². The lowest BCUT2D eigenvalue weighted by Gasteiger charge is -2.21. The number of carbonyl (C=O) groups is 1. The van der Waals surface area contributed by atoms with Gasteiger partial charge in [-0.15, -0.1) is 24.2 Å². The summed E-state index contributed by atoms with van der Waals surface area (Å²) in [5, 5.41) is 4.04. The molecule has 2 aromatic rings. The Labute approximate surface area is 190 Å². The standard InChI is InChI=1S/C19H20Cl2N2O4S.ClH/c1-3-25-19(24)16-10-28-18(23-16)11(2)26-13-4-6-14(7-5-13)27-17-15(21)8-12(20)9-22-17;/h4-9,11,16,18,23H,3,10H2,1-2H3;1H/t11?,16-,18?;/m0./s1. The zero-order valence-electron chi connectivity index (χ0n) is 15.8. The minimum absolute atomic E-state index is 0. The van der Waals surface area contributed by atoms with Crippen molar-refractivity contribution in [1.29, 1.82) is 0 Å². The van der Waals surface area contributed by atoms with Crippen LogP contribution < -0.4 is 14.8 Å². The maximum atomic E-state index is 11.8. The van der Waals surface area contributed by atoms with Crippen LogP contribution in [0.2, 0.25) is 10.0 Å². The van der Waals surface area contributed by atoms with Gasteiger partial charge in [-0.25, -0.2) is 4.98 Å². The molecule has 2 unspecified atom stereocenters. The first-order valence-corrected chi connectivity index (χ1v) is 10.6. The van der Waals surface area contributed by atoms with Gasteiger partial charge in [-0.2, -0.15) is 0 Å². The Kier molecular flexibility index (Phi) is 9.17. The van der Waals surface area contributed by atoms with Crippen molar-refractivity contribution in [2.45, 2.75) is 31.4 Å². The van der Waals surface area contributed by atoms with Crippen molar-refractivity contribution in [2.75, 3.05) is 12.4 Å². The molecule has 1 N–H and O–H groups in total. The maximum Gasteiger partial charge on any atom is 0.324 e. The monoisotopic (exact) mass is 478 g/mol. The average Bonchev–Trinajstić information content (AvgIpc) is 3.16. The number of hydrogen-bond acceptors (Lipinski definition) is 7. The van der Waals surface area contributed by atoms with Crippen LogP contribution in [0.3, 0.4) is 0 Å². The Bertz CT molecular complexity index is 826. The number of esters is 1. The highest BCUT2D eigenvalue weighted by Crippen LogP contribution is 2.31. The van der Waals surface area contributed by atoms with E-state index in [0.29, 0.717) is 33.9 Å². The first kappa shape index (κ1) is 23.9. The third-order valence-electron chi connectivity index (χ3n) is 3.94. The zero-order valence-corrected chi connectivity index (χ0v) is 18.9. The highest BCUT2D eigenvalue weighted by molar-refractivity contribution is 8.00. The molecular formula is C19H21Cl3N2O4S. The summed E-state index contributed by atoms with van der Waals surface area (Å²) < 4.78 is 16.7. The van der Waals surface area contributed by atoms with E-state index < -0.39 is 0 Å². The van der Waals surface area contributed by atoms with Gasteiger partial charge in [0.2, 0.25) is 5.88 Å². The van der Waals surface area contributed by atoms with Gasteiger partial charge in [0.25, 0.3) is 0 Å². The fraction of sp³-hybridized carbons (Fsp3) is 0.368. The molecule has 3 atom stereocenters. The molecule has 10 heteroatoms. The number of hydrogen-bond donors (Lipinski definition) is 1. The van der Waals surface area contributed by atoms with Gasteiger partial charge < -0.3 is 14.2 Å². The molecule has 29 heavy (non-hydrogen) atoms. The summed E-state index contributed by atoms with van der Waals surface area (Å²) in [6.07, 6.45) is 1.33. The molecular weight excluding hydrogens is 459 g/mol. The number of pyridine rings is 1. The quantitative estimate of drug-likeness (QED) is 0.563. The van der Waals surface area contributed by atoms with Crippen molar-refractivity contribution >= 4 is 53.3 Å². The van der Waals surface area contributed by atoms with Crippen LogP contribution in [0.1, 0.15) is 13.8 Å². The molecule has 3 rings (SSSR count). The second kappa shape index (κ2) is 11.1. The number of nitrogens with one attached hydrogen (secondary N) is 1. The number of aromatic nitrogens is 1. The Hall–Kier alpha value is -1.38. The lowest BCUT2D eigenvalue weighted by atomic mass is 10.3. The SMILES string of the molecule is CCOC(=O)[C@@H]1CSC(C(C)Oc2ccc(Oc3ncc(Cl)cc3Cl)cc2)N1.Cl. The first-order chi connectivity index (χ1) is 13.5. The van der Waals surface area contributed by atoms with Crippen molar-refractivity contribution < 1.29 is 19.0 Å². The molecule has 1 fully saturated rings. The summed E-state index contributed by atoms with van der Waals surface area (Å²) in [7, 11) is 0. The van der Waals surface area contributed by atoms with E-state index in [4.69, 9.17) is 37.4 Å². The van der Waals surface area contributed by atoms with Gasteiger partial charge in [-0.05, 0) is 44.2 Å². The van der Waals surface area contributed by atoms with Gasteiger partial charge in [0.05, 0.1) is 17.0 Å². The van der Waals surface area contributed by atoms with Gasteiger partial charge in [0.15, 0.2) is 0 Å². The van der Waals surface area contributed by atoms with Crippen LogP contribution in [0.25, 0.3) is 0 Å². The molecule has 0 bridgehead atoms. The van der Waals surface area contributed by atoms with Crippen LogP contribution in [0.5, 0.6) is 17.4 Å². The molecule has 1 aromatic heterocycles. The number of rotatable bonds is 7. The third kappa shape index (κ3) is 6.55. The minimum atomic E-state index is -0.298. The van der Waals surface area contributed by atoms with Crippen LogP contribution in [0.4, 0.5) is 0 Å². The van der Waals surface area contributed by atoms with Crippen LogP contribution in [-0.2, 0) is 9.53 Å². The third-order valence-corrected chi connectivity index (χ3v) is 5.82. The molecule has 6 nitrogen and oxygen atoms in total. The summed E-state index contributed by atoms with van der Waals surface area (Å²) in [4.78, 5) is 15.9. The van der Waals surface area contributed by atoms with Crippen LogP contribution in [0.15, 0.2) is 36.5 Å². The van der Waals surface area contributed by atoms with Gasteiger partial charge in [0.1, 0.15) is 28.7 Å². The molecule has 1 saturated heterocycles. The molecule has 158 valence electrons. The van der Waals surface area contributed by atoms with Crippen molar-refractivity contribution in [3.8, 4) is 17.4 Å². The van der Waals surface area contributed by atoms with E-state index in [-0.39, 0.29) is 41.8 Å². The van der Waals surface area contributed by atoms with Gasteiger partial charge >= 0.3 is 5.97 Å². The van der Waals surface area contributed by atoms with E-state index in [0.717, 1.165) is 0 Å². The lowest BCUT2D eigenvalue weighted by Crippen LogP contribution is -2.43. The van der Waals surface area contributed by atoms with Crippen molar-refractivity contribution in [1.82, 2.24) is 10.3 Å². The average molecular weight is 480 g/mol. The Balaban J connectivity index is 0.00000300. The number of carbonyl (C=O) groups excluding carboxylic acids is 1. The summed E-state index contributed by atoms with van der Waals surface area (Å²) in [5.74, 6) is 1.99. The predicted octanol–water partition coefficient (Wildman–Crippen LogP) is 4.96. The predicted molar refractivity (Wildman–Crippen MR) is 118 cm³/mol. The van der Waals surface area contributed by atoms with Crippen LogP contribution >= 0.6 is 47.4 Å². The summed E-state index contributed by atoms with van der Waals surface area (Å²) in [6, 6.07) is 8.42. The topological polar surface area (TPSA) is 69.7 Å². The molecule has 1 aromatic carbocycles. The van der Waals surface area contributed by atoms with Crippen LogP contribution in [-0.4, -0.2) is 40.8 Å². The summed E-state index contributed by atoms with van der Waals surface area (Å²) in [6.45, 7) is 4.14. The fourth-order valence-electron chi connectivity index (χ4n) is 2.60. The van der Waals surface area contributed by atoms with E-state index in [2.05, 4.69) is 10.3 Å². The van der Waals surface area contributed by atoms with Gasteiger partial charge in [-0.1, -0.05) is 23.2 Å². The Morgan fingerprint density at radius 3 is 2.66 bits per heavy atom. The molecule has 0 aliphatic carbocycles. The minimum Gasteiger partial charge on any atom is -0.488 e. The normalized spacial score (nSPS) is 19.2. The number of benzene rings is 1. The number of ether oxygens (including phenoxy) is 3. The van der Waals surface area contributed by atoms with E-state index >= 15 is 0 Å². The van der Waals surface area contributed by atoms with E-state index in [1.54, 1.807) is 49.0 Å². The van der Waals surface area contributed by atoms with Gasteiger partial charge in [0, 0.05) is 11.9 Å². The second-order valence-electron chi connectivity index (χ2n) is 6.06. The van der Waals surface area contributed by atoms with Crippen molar-refractivity contribution in [3.63, 3.8) is 0 Å². The van der Waals surface area contributed by atoms with Gasteiger partial charge in [-0.3, -0.25) is 10.1 Å². The van der Waals surface area contributed by atoms with Crippen molar-refractivity contribution in [3.05, 3.63) is 46.6 Å². The smallest absolute Gasteiger partial charge is 0.324 e. The van der Waals surface area contributed by atoms with E-state index in [9.17, 15) is 4.79 Å². The van der Waals surface area contributed by atoms with E-state index in [1.807, 2.05) is 6.92 Å². The fourth-order valence-corrected chi connectivity index (χ4v) is 4.23. The largest absolute Gasteiger partial charge is 0.488 e. The zero-order chi connectivity index (χ0) is 20.1. The maximum absolute atomic E-state index is 11.8. The molecule has 2 heterocycles. The van der Waals surface area contributed by atoms with Crippen molar-refractivity contribution in [2.24, 2.45) is 0 Å². The molecule has 0 spiro atoms. The molecule has 1 aliphatic heterocycles. The molecule has 1 aliphatic rings. The highest BCUT2D eigenvalue weighted by Gasteiger charge is 2.34. The number of thioether (sulfide) groups is 1. The highest BCUT2D eigenvalue weighted by atomic mass is 35.5. The number of nitrogens with zero attached hydrogens (tertiary/aromatic N) is 1. The Morgan fingerprint density at radius 2 is 2.00 bits per heavy atom. The molecule has 0 amide bonds. The molecule has 0 radical (unpaired) electrons. The second-order valence-corrected chi connectivity index (χ2v) is 8.08.